The van der Waals surface area contributed by atoms with Crippen LogP contribution in [0.5, 0.6) is 0 Å². The Balaban J connectivity index is 2.37. The van der Waals surface area contributed by atoms with Crippen LogP contribution in [0.3, 0.4) is 0 Å². The van der Waals surface area contributed by atoms with Gasteiger partial charge in [-0.25, -0.2) is 4.98 Å². The van der Waals surface area contributed by atoms with E-state index >= 15 is 0 Å². The average molecular weight is 218 g/mol. The molecule has 0 amide bonds. The lowest BCUT2D eigenvalue weighted by Gasteiger charge is -1.94. The highest BCUT2D eigenvalue weighted by atomic mass is 32.1. The largest absolute Gasteiger partial charge is 0.294 e. The van der Waals surface area contributed by atoms with Crippen molar-refractivity contribution in [1.82, 2.24) is 9.97 Å². The third kappa shape index (κ3) is 2.10. The van der Waals surface area contributed by atoms with Gasteiger partial charge in [-0.3, -0.25) is 9.78 Å². The standard InChI is InChI=1S/C11H10N2OS/c1-7-3-4-9(12-5-7)11-13-6-10(15-11)8(2)14/h3-6H,1-2H3. The maximum Gasteiger partial charge on any atom is 0.171 e. The molecule has 0 bridgehead atoms. The van der Waals surface area contributed by atoms with Crippen molar-refractivity contribution < 1.29 is 4.79 Å². The first kappa shape index (κ1) is 9.98. The monoisotopic (exact) mass is 218 g/mol. The molecule has 15 heavy (non-hydrogen) atoms. The highest BCUT2D eigenvalue weighted by Gasteiger charge is 2.08. The van der Waals surface area contributed by atoms with Crippen LogP contribution in [0.25, 0.3) is 10.7 Å². The average Bonchev–Trinajstić information content (AvgIpc) is 2.68. The Morgan fingerprint density at radius 2 is 2.07 bits per heavy atom. The van der Waals surface area contributed by atoms with Gasteiger partial charge in [0.25, 0.3) is 0 Å². The summed E-state index contributed by atoms with van der Waals surface area (Å²) in [6.45, 7) is 3.53. The molecule has 0 atom stereocenters. The van der Waals surface area contributed by atoms with Gasteiger partial charge in [0.15, 0.2) is 5.78 Å². The molecule has 0 fully saturated rings. The fraction of sp³-hybridized carbons (Fsp3) is 0.182. The summed E-state index contributed by atoms with van der Waals surface area (Å²) in [5.74, 6) is 0.0471. The first-order valence-corrected chi connectivity index (χ1v) is 5.38. The van der Waals surface area contributed by atoms with E-state index in [0.29, 0.717) is 4.88 Å². The molecule has 0 aromatic carbocycles. The first-order valence-electron chi connectivity index (χ1n) is 4.56. The topological polar surface area (TPSA) is 42.9 Å². The van der Waals surface area contributed by atoms with Crippen LogP contribution >= 0.6 is 11.3 Å². The van der Waals surface area contributed by atoms with E-state index in [1.54, 1.807) is 19.3 Å². The van der Waals surface area contributed by atoms with Crippen molar-refractivity contribution in [3.05, 3.63) is 35.0 Å². The van der Waals surface area contributed by atoms with Crippen LogP contribution in [0.4, 0.5) is 0 Å². The summed E-state index contributed by atoms with van der Waals surface area (Å²) in [5.41, 5.74) is 1.93. The molecule has 0 saturated carbocycles. The number of carbonyl (C=O) groups is 1. The van der Waals surface area contributed by atoms with E-state index in [9.17, 15) is 4.79 Å². The van der Waals surface area contributed by atoms with Crippen molar-refractivity contribution in [3.8, 4) is 10.7 Å². The minimum Gasteiger partial charge on any atom is -0.294 e. The van der Waals surface area contributed by atoms with Crippen LogP contribution in [-0.4, -0.2) is 15.8 Å². The number of ketones is 1. The number of thiazole rings is 1. The predicted octanol–water partition coefficient (Wildman–Crippen LogP) is 2.72. The van der Waals surface area contributed by atoms with E-state index in [1.165, 1.54) is 11.3 Å². The number of carbonyl (C=O) groups excluding carboxylic acids is 1. The molecule has 0 aliphatic heterocycles. The van der Waals surface area contributed by atoms with Gasteiger partial charge in [-0.2, -0.15) is 0 Å². The lowest BCUT2D eigenvalue weighted by Crippen LogP contribution is -1.83. The second-order valence-electron chi connectivity index (χ2n) is 3.31. The van der Waals surface area contributed by atoms with Gasteiger partial charge in [0, 0.05) is 19.3 Å². The Labute approximate surface area is 91.8 Å². The quantitative estimate of drug-likeness (QED) is 0.728. The Morgan fingerprint density at radius 3 is 2.60 bits per heavy atom. The van der Waals surface area contributed by atoms with Crippen molar-refractivity contribution in [2.45, 2.75) is 13.8 Å². The van der Waals surface area contributed by atoms with Crippen LogP contribution in [0, 0.1) is 6.92 Å². The third-order valence-corrected chi connectivity index (χ3v) is 3.10. The van der Waals surface area contributed by atoms with Gasteiger partial charge in [0.05, 0.1) is 10.6 Å². The third-order valence-electron chi connectivity index (χ3n) is 1.98. The molecule has 0 N–H and O–H groups in total. The van der Waals surface area contributed by atoms with Crippen molar-refractivity contribution in [2.75, 3.05) is 0 Å². The first-order chi connectivity index (χ1) is 7.16. The predicted molar refractivity (Wildman–Crippen MR) is 60.1 cm³/mol. The number of aromatic nitrogens is 2. The normalized spacial score (nSPS) is 10.3. The zero-order chi connectivity index (χ0) is 10.8. The fourth-order valence-corrected chi connectivity index (χ4v) is 1.94. The molecule has 2 aromatic heterocycles. The Bertz CT molecular complexity index is 488. The van der Waals surface area contributed by atoms with Crippen LogP contribution < -0.4 is 0 Å². The van der Waals surface area contributed by atoms with E-state index < -0.39 is 0 Å². The van der Waals surface area contributed by atoms with E-state index in [-0.39, 0.29) is 5.78 Å². The van der Waals surface area contributed by atoms with Crippen LogP contribution in [-0.2, 0) is 0 Å². The van der Waals surface area contributed by atoms with Crippen molar-refractivity contribution >= 4 is 17.1 Å². The smallest absolute Gasteiger partial charge is 0.171 e. The number of hydrogen-bond acceptors (Lipinski definition) is 4. The van der Waals surface area contributed by atoms with Crippen LogP contribution in [0.1, 0.15) is 22.2 Å². The molecule has 0 saturated heterocycles. The molecule has 2 heterocycles. The summed E-state index contributed by atoms with van der Waals surface area (Å²) < 4.78 is 0. The number of Topliss-reactive ketones (excluding diaryl/α,β-unsaturated/α-hetero) is 1. The number of rotatable bonds is 2. The molecule has 0 radical (unpaired) electrons. The Morgan fingerprint density at radius 1 is 1.27 bits per heavy atom. The summed E-state index contributed by atoms with van der Waals surface area (Å²) >= 11 is 1.38. The van der Waals surface area contributed by atoms with Gasteiger partial charge in [-0.15, -0.1) is 11.3 Å². The number of nitrogens with zero attached hydrogens (tertiary/aromatic N) is 2. The summed E-state index contributed by atoms with van der Waals surface area (Å²) in [7, 11) is 0. The molecule has 2 aromatic rings. The van der Waals surface area contributed by atoms with E-state index in [0.717, 1.165) is 16.3 Å². The lowest BCUT2D eigenvalue weighted by molar-refractivity contribution is 0.102. The number of aryl methyl sites for hydroxylation is 1. The van der Waals surface area contributed by atoms with E-state index in [1.807, 2.05) is 19.1 Å². The number of pyridine rings is 1. The minimum atomic E-state index is 0.0471. The molecule has 0 spiro atoms. The van der Waals surface area contributed by atoms with Crippen LogP contribution in [0.2, 0.25) is 0 Å². The van der Waals surface area contributed by atoms with Gasteiger partial charge in [-0.05, 0) is 18.6 Å². The van der Waals surface area contributed by atoms with E-state index in [4.69, 9.17) is 0 Å². The Hall–Kier alpha value is -1.55. The zero-order valence-corrected chi connectivity index (χ0v) is 9.34. The SMILES string of the molecule is CC(=O)c1cnc(-c2ccc(C)cn2)s1. The summed E-state index contributed by atoms with van der Waals surface area (Å²) in [5, 5.41) is 0.792. The molecule has 3 nitrogen and oxygen atoms in total. The molecule has 76 valence electrons. The van der Waals surface area contributed by atoms with Gasteiger partial charge in [-0.1, -0.05) is 6.07 Å². The maximum absolute atomic E-state index is 11.1. The molecule has 0 aliphatic carbocycles. The zero-order valence-electron chi connectivity index (χ0n) is 8.52. The molecular formula is C11H10N2OS. The second-order valence-corrected chi connectivity index (χ2v) is 4.34. The molecule has 0 unspecified atom stereocenters. The van der Waals surface area contributed by atoms with E-state index in [2.05, 4.69) is 9.97 Å². The maximum atomic E-state index is 11.1. The molecule has 2 rings (SSSR count). The van der Waals surface area contributed by atoms with Crippen molar-refractivity contribution in [2.24, 2.45) is 0 Å². The highest BCUT2D eigenvalue weighted by Crippen LogP contribution is 2.23. The van der Waals surface area contributed by atoms with Gasteiger partial charge in [0.1, 0.15) is 5.01 Å². The number of hydrogen-bond donors (Lipinski definition) is 0. The van der Waals surface area contributed by atoms with Gasteiger partial charge in [0.2, 0.25) is 0 Å². The minimum absolute atomic E-state index is 0.0471. The second kappa shape index (κ2) is 3.90. The summed E-state index contributed by atoms with van der Waals surface area (Å²) in [6, 6.07) is 3.90. The van der Waals surface area contributed by atoms with Crippen LogP contribution in [0.15, 0.2) is 24.5 Å². The van der Waals surface area contributed by atoms with Crippen molar-refractivity contribution in [1.29, 1.82) is 0 Å². The molecule has 0 aliphatic rings. The summed E-state index contributed by atoms with van der Waals surface area (Å²) in [6.07, 6.45) is 3.40. The molecular weight excluding hydrogens is 208 g/mol. The van der Waals surface area contributed by atoms with Gasteiger partial charge < -0.3 is 0 Å². The molecule has 4 heteroatoms. The van der Waals surface area contributed by atoms with Gasteiger partial charge >= 0.3 is 0 Å². The summed E-state index contributed by atoms with van der Waals surface area (Å²) in [4.78, 5) is 20.2. The lowest BCUT2D eigenvalue weighted by atomic mass is 10.3. The fourth-order valence-electron chi connectivity index (χ4n) is 1.15. The van der Waals surface area contributed by atoms with Crippen molar-refractivity contribution in [3.63, 3.8) is 0 Å². The highest BCUT2D eigenvalue weighted by molar-refractivity contribution is 7.16. The Kier molecular flexibility index (Phi) is 2.60.